The number of rotatable bonds is 8. The summed E-state index contributed by atoms with van der Waals surface area (Å²) in [6, 6.07) is 6.89. The minimum Gasteiger partial charge on any atom is -0.479 e. The van der Waals surface area contributed by atoms with Crippen LogP contribution < -0.4 is 0 Å². The molecule has 2 rings (SSSR count). The first-order valence-electron chi connectivity index (χ1n) is 7.44. The number of benzene rings is 1. The largest absolute Gasteiger partial charge is 0.479 e. The van der Waals surface area contributed by atoms with Gasteiger partial charge >= 0.3 is 11.9 Å². The second-order valence-corrected chi connectivity index (χ2v) is 5.29. The molecule has 0 fully saturated rings. The predicted octanol–water partition coefficient (Wildman–Crippen LogP) is 2.02. The van der Waals surface area contributed by atoms with Crippen molar-refractivity contribution in [3.63, 3.8) is 0 Å². The summed E-state index contributed by atoms with van der Waals surface area (Å²) < 4.78 is 5.20. The van der Waals surface area contributed by atoms with Gasteiger partial charge < -0.3 is 14.9 Å². The van der Waals surface area contributed by atoms with Crippen LogP contribution in [0.5, 0.6) is 0 Å². The van der Waals surface area contributed by atoms with Gasteiger partial charge in [0.1, 0.15) is 6.33 Å². The molecule has 24 heavy (non-hydrogen) atoms. The number of carbonyl (C=O) groups is 2. The molecule has 0 radical (unpaired) electrons. The Balaban J connectivity index is 2.26. The van der Waals surface area contributed by atoms with E-state index in [2.05, 4.69) is 9.97 Å². The average Bonchev–Trinajstić information content (AvgIpc) is 2.59. The number of hydrogen-bond acceptors (Lipinski definition) is 5. The highest BCUT2D eigenvalue weighted by atomic mass is 16.5. The first-order valence-corrected chi connectivity index (χ1v) is 7.44. The number of ether oxygens (including phenoxy) is 1. The first kappa shape index (κ1) is 17.6. The zero-order valence-corrected chi connectivity index (χ0v) is 13.2. The van der Waals surface area contributed by atoms with Gasteiger partial charge in [-0.2, -0.15) is 0 Å². The molecular formula is C17H18N2O5. The Morgan fingerprint density at radius 1 is 1.04 bits per heavy atom. The maximum absolute atomic E-state index is 11.5. The van der Waals surface area contributed by atoms with Crippen molar-refractivity contribution in [3.05, 3.63) is 48.5 Å². The van der Waals surface area contributed by atoms with Crippen LogP contribution in [0, 0.1) is 0 Å². The fourth-order valence-electron chi connectivity index (χ4n) is 2.24. The van der Waals surface area contributed by atoms with Crippen LogP contribution in [0.15, 0.2) is 43.0 Å². The molecule has 0 saturated carbocycles. The molecule has 0 unspecified atom stereocenters. The van der Waals surface area contributed by atoms with Gasteiger partial charge in [-0.05, 0) is 17.5 Å². The summed E-state index contributed by atoms with van der Waals surface area (Å²) in [6.07, 6.45) is 5.01. The fraction of sp³-hybridized carbons (Fsp3) is 0.294. The van der Waals surface area contributed by atoms with E-state index in [0.717, 1.165) is 11.1 Å². The molecule has 7 heteroatoms. The maximum atomic E-state index is 11.5. The second-order valence-electron chi connectivity index (χ2n) is 5.29. The average molecular weight is 330 g/mol. The maximum Gasteiger partial charge on any atom is 0.348 e. The molecular weight excluding hydrogens is 312 g/mol. The Labute approximate surface area is 139 Å². The molecule has 0 spiro atoms. The topological polar surface area (TPSA) is 110 Å². The summed E-state index contributed by atoms with van der Waals surface area (Å²) in [4.78, 5) is 31.0. The van der Waals surface area contributed by atoms with Crippen molar-refractivity contribution in [2.45, 2.75) is 25.4 Å². The third-order valence-electron chi connectivity index (χ3n) is 3.54. The summed E-state index contributed by atoms with van der Waals surface area (Å²) in [5.41, 5.74) is -0.0662. The Hall–Kier alpha value is -2.80. The van der Waals surface area contributed by atoms with E-state index in [1.165, 1.54) is 6.33 Å². The van der Waals surface area contributed by atoms with Crippen molar-refractivity contribution in [2.75, 3.05) is 6.61 Å². The molecule has 1 aromatic heterocycles. The van der Waals surface area contributed by atoms with Gasteiger partial charge in [0.05, 0.1) is 0 Å². The molecule has 0 aliphatic rings. The highest BCUT2D eigenvalue weighted by Crippen LogP contribution is 2.23. The lowest BCUT2D eigenvalue weighted by molar-refractivity contribution is -0.183. The number of aliphatic carboxylic acids is 2. The Bertz CT molecular complexity index is 687. The zero-order valence-electron chi connectivity index (χ0n) is 13.2. The van der Waals surface area contributed by atoms with Crippen LogP contribution in [0.3, 0.4) is 0 Å². The lowest BCUT2D eigenvalue weighted by Gasteiger charge is -2.25. The summed E-state index contributed by atoms with van der Waals surface area (Å²) in [5.74, 6) is -3.02. The monoisotopic (exact) mass is 330 g/mol. The van der Waals surface area contributed by atoms with E-state index in [9.17, 15) is 19.8 Å². The van der Waals surface area contributed by atoms with Crippen LogP contribution in [0.4, 0.5) is 0 Å². The summed E-state index contributed by atoms with van der Waals surface area (Å²) in [5, 5.41) is 18.8. The molecule has 1 aromatic carbocycles. The first-order chi connectivity index (χ1) is 11.5. The van der Waals surface area contributed by atoms with Crippen LogP contribution in [0.25, 0.3) is 11.1 Å². The van der Waals surface area contributed by atoms with Crippen LogP contribution >= 0.6 is 0 Å². The van der Waals surface area contributed by atoms with E-state index in [4.69, 9.17) is 4.74 Å². The fourth-order valence-corrected chi connectivity index (χ4v) is 2.24. The van der Waals surface area contributed by atoms with E-state index in [1.807, 2.05) is 0 Å². The van der Waals surface area contributed by atoms with Crippen LogP contribution in [0.2, 0.25) is 0 Å². The van der Waals surface area contributed by atoms with Gasteiger partial charge in [-0.25, -0.2) is 19.6 Å². The SMILES string of the molecule is CCCOC(Cc1ccc(-c2cncnc2)cc1)(C(=O)O)C(=O)O. The standard InChI is InChI=1S/C17H18N2O5/c1-2-7-24-17(15(20)21,16(22)23)8-12-3-5-13(6-4-12)14-9-18-11-19-10-14/h3-6,9-11H,2,7-8H2,1H3,(H,20,21)(H,22,23). The molecule has 2 N–H and O–H groups in total. The third-order valence-corrected chi connectivity index (χ3v) is 3.54. The van der Waals surface area contributed by atoms with Crippen molar-refractivity contribution in [1.29, 1.82) is 0 Å². The normalized spacial score (nSPS) is 11.2. The summed E-state index contributed by atoms with van der Waals surface area (Å²) in [7, 11) is 0. The third kappa shape index (κ3) is 3.75. The lowest BCUT2D eigenvalue weighted by Crippen LogP contribution is -2.51. The Morgan fingerprint density at radius 3 is 2.12 bits per heavy atom. The van der Waals surface area contributed by atoms with Gasteiger partial charge in [-0.3, -0.25) is 0 Å². The number of nitrogens with zero attached hydrogens (tertiary/aromatic N) is 2. The minimum atomic E-state index is -2.28. The molecule has 7 nitrogen and oxygen atoms in total. The van der Waals surface area contributed by atoms with Gasteiger partial charge in [0.25, 0.3) is 5.60 Å². The van der Waals surface area contributed by atoms with Gasteiger partial charge in [-0.15, -0.1) is 0 Å². The van der Waals surface area contributed by atoms with Gasteiger partial charge in [0, 0.05) is 31.0 Å². The van der Waals surface area contributed by atoms with Crippen molar-refractivity contribution in [2.24, 2.45) is 0 Å². The molecule has 0 aliphatic heterocycles. The Kier molecular flexibility index (Phi) is 5.59. The van der Waals surface area contributed by atoms with Crippen molar-refractivity contribution < 1.29 is 24.5 Å². The van der Waals surface area contributed by atoms with Crippen LogP contribution in [-0.2, 0) is 20.7 Å². The van der Waals surface area contributed by atoms with Crippen molar-refractivity contribution in [1.82, 2.24) is 9.97 Å². The van der Waals surface area contributed by atoms with Gasteiger partial charge in [0.15, 0.2) is 0 Å². The molecule has 0 aliphatic carbocycles. The van der Waals surface area contributed by atoms with E-state index in [-0.39, 0.29) is 13.0 Å². The zero-order chi connectivity index (χ0) is 17.6. The highest BCUT2D eigenvalue weighted by Gasteiger charge is 2.48. The number of aromatic nitrogens is 2. The molecule has 0 bridgehead atoms. The molecule has 0 amide bonds. The molecule has 2 aromatic rings. The number of carboxylic acids is 2. The van der Waals surface area contributed by atoms with Crippen LogP contribution in [-0.4, -0.2) is 44.3 Å². The second kappa shape index (κ2) is 7.65. The van der Waals surface area contributed by atoms with Crippen LogP contribution in [0.1, 0.15) is 18.9 Å². The molecule has 126 valence electrons. The van der Waals surface area contributed by atoms with Crippen molar-refractivity contribution in [3.8, 4) is 11.1 Å². The molecule has 0 atom stereocenters. The highest BCUT2D eigenvalue weighted by molar-refractivity contribution is 6.02. The minimum absolute atomic E-state index is 0.0536. The van der Waals surface area contributed by atoms with Gasteiger partial charge in [-0.1, -0.05) is 31.2 Å². The molecule has 0 saturated heterocycles. The molecule has 1 heterocycles. The van der Waals surface area contributed by atoms with Gasteiger partial charge in [0.2, 0.25) is 0 Å². The quantitative estimate of drug-likeness (QED) is 0.712. The summed E-state index contributed by atoms with van der Waals surface area (Å²) >= 11 is 0. The number of hydrogen-bond donors (Lipinski definition) is 2. The van der Waals surface area contributed by atoms with E-state index >= 15 is 0 Å². The van der Waals surface area contributed by atoms with Crippen molar-refractivity contribution >= 4 is 11.9 Å². The van der Waals surface area contributed by atoms with E-state index in [1.54, 1.807) is 43.6 Å². The summed E-state index contributed by atoms with van der Waals surface area (Å²) in [6.45, 7) is 1.84. The number of carboxylic acid groups (broad SMARTS) is 2. The van der Waals surface area contributed by atoms with E-state index in [0.29, 0.717) is 12.0 Å². The smallest absolute Gasteiger partial charge is 0.348 e. The predicted molar refractivity (Wildman–Crippen MR) is 85.4 cm³/mol. The van der Waals surface area contributed by atoms with E-state index < -0.39 is 17.5 Å². The Morgan fingerprint density at radius 2 is 1.62 bits per heavy atom. The lowest BCUT2D eigenvalue weighted by atomic mass is 9.93.